The second kappa shape index (κ2) is 8.46. The largest absolute Gasteiger partial charge is 0.416 e. The minimum atomic E-state index is -4.42. The molecule has 0 radical (unpaired) electrons. The van der Waals surface area contributed by atoms with Crippen LogP contribution in [0.3, 0.4) is 0 Å². The molecule has 28 heavy (non-hydrogen) atoms. The monoisotopic (exact) mass is 411 g/mol. The Bertz CT molecular complexity index is 910. The van der Waals surface area contributed by atoms with Gasteiger partial charge in [0.15, 0.2) is 0 Å². The smallest absolute Gasteiger partial charge is 0.375 e. The van der Waals surface area contributed by atoms with Crippen LogP contribution >= 0.6 is 0 Å². The predicted octanol–water partition coefficient (Wildman–Crippen LogP) is 3.99. The lowest BCUT2D eigenvalue weighted by Crippen LogP contribution is -2.44. The van der Waals surface area contributed by atoms with Gasteiger partial charge in [0, 0.05) is 6.54 Å². The molecule has 2 aromatic rings. The lowest BCUT2D eigenvalue weighted by atomic mass is 10.1. The van der Waals surface area contributed by atoms with Crippen molar-refractivity contribution in [1.82, 2.24) is 4.31 Å². The second-order valence-corrected chi connectivity index (χ2v) is 8.48. The minimum Gasteiger partial charge on any atom is -0.375 e. The summed E-state index contributed by atoms with van der Waals surface area (Å²) in [6, 6.07) is 13.5. The van der Waals surface area contributed by atoms with Gasteiger partial charge in [0.2, 0.25) is 10.0 Å². The summed E-state index contributed by atoms with van der Waals surface area (Å²) >= 11 is 0. The van der Waals surface area contributed by atoms with Crippen molar-refractivity contribution < 1.29 is 26.3 Å². The van der Waals surface area contributed by atoms with Gasteiger partial charge in [-0.2, -0.15) is 17.5 Å². The molecule has 0 unspecified atom stereocenters. The number of ether oxygens (including phenoxy) is 1. The second-order valence-electron chi connectivity index (χ2n) is 6.51. The van der Waals surface area contributed by atoms with Crippen molar-refractivity contribution in [1.29, 1.82) is 0 Å². The van der Waals surface area contributed by atoms with E-state index >= 15 is 0 Å². The lowest BCUT2D eigenvalue weighted by molar-refractivity contribution is -0.137. The van der Waals surface area contributed by atoms with Gasteiger partial charge >= 0.3 is 6.18 Å². The third kappa shape index (κ3) is 5.21. The zero-order valence-corrected chi connectivity index (χ0v) is 15.8. The van der Waals surface area contributed by atoms with Crippen molar-refractivity contribution in [3.63, 3.8) is 0 Å². The Balaban J connectivity index is 1.69. The van der Waals surface area contributed by atoms with Crippen LogP contribution in [0, 0.1) is 0 Å². The fourth-order valence-corrected chi connectivity index (χ4v) is 4.37. The van der Waals surface area contributed by atoms with Crippen LogP contribution in [0.15, 0.2) is 66.7 Å². The van der Waals surface area contributed by atoms with Crippen LogP contribution in [0.2, 0.25) is 0 Å². The molecule has 8 heteroatoms. The SMILES string of the molecule is O=S1(=O)CC=C[C@H](COCc2ccccc2)N1Cc1ccc(C(F)(F)F)cc1. The van der Waals surface area contributed by atoms with Crippen LogP contribution in [-0.2, 0) is 34.1 Å². The first-order chi connectivity index (χ1) is 13.3. The highest BCUT2D eigenvalue weighted by Crippen LogP contribution is 2.29. The Morgan fingerprint density at radius 1 is 1.00 bits per heavy atom. The van der Waals surface area contributed by atoms with E-state index < -0.39 is 27.8 Å². The summed E-state index contributed by atoms with van der Waals surface area (Å²) in [5, 5.41) is 0. The standard InChI is InChI=1S/C20H20F3NO3S/c21-20(22,23)18-10-8-16(9-11-18)13-24-19(7-4-12-28(24,25)26)15-27-14-17-5-2-1-3-6-17/h1-11,19H,12-15H2/t19-/m1/s1. The van der Waals surface area contributed by atoms with Gasteiger partial charge in [-0.15, -0.1) is 0 Å². The van der Waals surface area contributed by atoms with Gasteiger partial charge in [-0.3, -0.25) is 0 Å². The Labute approximate surface area is 162 Å². The van der Waals surface area contributed by atoms with Crippen molar-refractivity contribution in [3.05, 3.63) is 83.4 Å². The van der Waals surface area contributed by atoms with Gasteiger partial charge in [0.1, 0.15) is 0 Å². The molecule has 4 nitrogen and oxygen atoms in total. The molecule has 0 fully saturated rings. The molecule has 1 aliphatic heterocycles. The van der Waals surface area contributed by atoms with E-state index in [1.54, 1.807) is 12.2 Å². The molecule has 0 saturated carbocycles. The molecule has 0 bridgehead atoms. The molecule has 3 rings (SSSR count). The summed E-state index contributed by atoms with van der Waals surface area (Å²) in [5.74, 6) is -0.136. The Morgan fingerprint density at radius 2 is 1.68 bits per heavy atom. The highest BCUT2D eigenvalue weighted by molar-refractivity contribution is 7.89. The summed E-state index contributed by atoms with van der Waals surface area (Å²) in [6.07, 6.45) is -1.09. The number of nitrogens with zero attached hydrogens (tertiary/aromatic N) is 1. The number of alkyl halides is 3. The highest BCUT2D eigenvalue weighted by Gasteiger charge is 2.32. The molecule has 1 heterocycles. The molecule has 0 aliphatic carbocycles. The number of halogens is 3. The molecule has 150 valence electrons. The number of hydrogen-bond acceptors (Lipinski definition) is 3. The maximum Gasteiger partial charge on any atom is 0.416 e. The Kier molecular flexibility index (Phi) is 6.22. The quantitative estimate of drug-likeness (QED) is 0.676. The molecular weight excluding hydrogens is 391 g/mol. The molecule has 0 aromatic heterocycles. The summed E-state index contributed by atoms with van der Waals surface area (Å²) in [5.41, 5.74) is 0.694. The van der Waals surface area contributed by atoms with Crippen molar-refractivity contribution in [3.8, 4) is 0 Å². The first kappa shape index (κ1) is 20.6. The van der Waals surface area contributed by atoms with E-state index in [-0.39, 0.29) is 18.9 Å². The number of hydrogen-bond donors (Lipinski definition) is 0. The van der Waals surface area contributed by atoms with Gasteiger partial charge in [-0.1, -0.05) is 54.6 Å². The van der Waals surface area contributed by atoms with E-state index in [2.05, 4.69) is 0 Å². The predicted molar refractivity (Wildman–Crippen MR) is 99.8 cm³/mol. The fourth-order valence-electron chi connectivity index (χ4n) is 2.94. The average Bonchev–Trinajstić information content (AvgIpc) is 2.65. The zero-order valence-electron chi connectivity index (χ0n) is 15.0. The van der Waals surface area contributed by atoms with Crippen LogP contribution in [0.4, 0.5) is 13.2 Å². The summed E-state index contributed by atoms with van der Waals surface area (Å²) in [4.78, 5) is 0. The summed E-state index contributed by atoms with van der Waals surface area (Å²) in [7, 11) is -3.56. The van der Waals surface area contributed by atoms with E-state index in [1.807, 2.05) is 30.3 Å². The minimum absolute atomic E-state index is 0.00975. The van der Waals surface area contributed by atoms with Crippen molar-refractivity contribution in [2.75, 3.05) is 12.4 Å². The van der Waals surface area contributed by atoms with Gasteiger partial charge in [-0.05, 0) is 23.3 Å². The summed E-state index contributed by atoms with van der Waals surface area (Å²) in [6.45, 7) is 0.495. The van der Waals surface area contributed by atoms with Crippen LogP contribution in [0.1, 0.15) is 16.7 Å². The number of sulfonamides is 1. The maximum atomic E-state index is 12.7. The molecule has 0 saturated heterocycles. The summed E-state index contributed by atoms with van der Waals surface area (Å²) < 4.78 is 70.1. The molecule has 1 atom stereocenters. The molecule has 0 spiro atoms. The highest BCUT2D eigenvalue weighted by atomic mass is 32.2. The Morgan fingerprint density at radius 3 is 2.32 bits per heavy atom. The Hall–Kier alpha value is -2.16. The van der Waals surface area contributed by atoms with Gasteiger partial charge < -0.3 is 4.74 Å². The maximum absolute atomic E-state index is 12.7. The molecule has 0 N–H and O–H groups in total. The molecular formula is C20H20F3NO3S. The lowest BCUT2D eigenvalue weighted by Gasteiger charge is -2.31. The third-order valence-electron chi connectivity index (χ3n) is 4.41. The number of rotatable bonds is 6. The van der Waals surface area contributed by atoms with Crippen molar-refractivity contribution in [2.24, 2.45) is 0 Å². The van der Waals surface area contributed by atoms with Gasteiger partial charge in [-0.25, -0.2) is 8.42 Å². The van der Waals surface area contributed by atoms with E-state index in [4.69, 9.17) is 4.74 Å². The van der Waals surface area contributed by atoms with Crippen LogP contribution in [-0.4, -0.2) is 31.1 Å². The molecule has 2 aromatic carbocycles. The van der Waals surface area contributed by atoms with Crippen LogP contribution < -0.4 is 0 Å². The first-order valence-corrected chi connectivity index (χ1v) is 10.3. The van der Waals surface area contributed by atoms with E-state index in [0.717, 1.165) is 17.7 Å². The van der Waals surface area contributed by atoms with Crippen molar-refractivity contribution in [2.45, 2.75) is 25.4 Å². The normalized spacial score (nSPS) is 19.6. The molecule has 1 aliphatic rings. The van der Waals surface area contributed by atoms with Gasteiger partial charge in [0.05, 0.1) is 30.6 Å². The fraction of sp³-hybridized carbons (Fsp3) is 0.300. The van der Waals surface area contributed by atoms with Crippen molar-refractivity contribution >= 4 is 10.0 Å². The van der Waals surface area contributed by atoms with E-state index in [1.165, 1.54) is 16.4 Å². The third-order valence-corrected chi connectivity index (χ3v) is 6.14. The van der Waals surface area contributed by atoms with Gasteiger partial charge in [0.25, 0.3) is 0 Å². The first-order valence-electron chi connectivity index (χ1n) is 8.70. The topological polar surface area (TPSA) is 46.6 Å². The number of benzene rings is 2. The zero-order chi connectivity index (χ0) is 20.2. The van der Waals surface area contributed by atoms with E-state index in [0.29, 0.717) is 12.2 Å². The molecule has 0 amide bonds. The van der Waals surface area contributed by atoms with Crippen LogP contribution in [0.5, 0.6) is 0 Å². The van der Waals surface area contributed by atoms with Crippen LogP contribution in [0.25, 0.3) is 0 Å². The van der Waals surface area contributed by atoms with E-state index in [9.17, 15) is 21.6 Å². The average molecular weight is 411 g/mol.